The summed E-state index contributed by atoms with van der Waals surface area (Å²) in [5.74, 6) is -0.226. The van der Waals surface area contributed by atoms with Crippen molar-refractivity contribution in [1.29, 1.82) is 0 Å². The molecule has 1 amide bonds. The van der Waals surface area contributed by atoms with Crippen molar-refractivity contribution in [2.75, 3.05) is 23.3 Å². The Balaban J connectivity index is 1.60. The number of rotatable bonds is 8. The Kier molecular flexibility index (Phi) is 7.56. The lowest BCUT2D eigenvalue weighted by Crippen LogP contribution is -2.38. The molecule has 0 aliphatic heterocycles. The van der Waals surface area contributed by atoms with Gasteiger partial charge in [-0.2, -0.15) is 0 Å². The van der Waals surface area contributed by atoms with E-state index >= 15 is 0 Å². The third-order valence-corrected chi connectivity index (χ3v) is 8.03. The second-order valence-corrected chi connectivity index (χ2v) is 10.8. The zero-order chi connectivity index (χ0) is 25.0. The zero-order valence-corrected chi connectivity index (χ0v) is 21.3. The van der Waals surface area contributed by atoms with Crippen molar-refractivity contribution in [3.63, 3.8) is 0 Å². The van der Waals surface area contributed by atoms with Gasteiger partial charge >= 0.3 is 0 Å². The van der Waals surface area contributed by atoms with Gasteiger partial charge in [0.05, 0.1) is 22.7 Å². The molecule has 3 aromatic carbocycles. The van der Waals surface area contributed by atoms with Gasteiger partial charge in [-0.25, -0.2) is 8.42 Å². The van der Waals surface area contributed by atoms with Crippen molar-refractivity contribution in [3.8, 4) is 16.3 Å². The fraction of sp³-hybridized carbons (Fsp3) is 0.0870. The predicted octanol–water partition coefficient (Wildman–Crippen LogP) is 5.35. The number of halogens is 2. The van der Waals surface area contributed by atoms with Gasteiger partial charge in [-0.15, -0.1) is 10.2 Å². The molecule has 8 nitrogen and oxygen atoms in total. The molecule has 180 valence electrons. The summed E-state index contributed by atoms with van der Waals surface area (Å²) in [6.07, 6.45) is 0. The summed E-state index contributed by atoms with van der Waals surface area (Å²) in [6.45, 7) is -0.518. The van der Waals surface area contributed by atoms with E-state index in [0.29, 0.717) is 15.8 Å². The lowest BCUT2D eigenvalue weighted by Gasteiger charge is -2.24. The van der Waals surface area contributed by atoms with Crippen molar-refractivity contribution in [2.45, 2.75) is 4.90 Å². The highest BCUT2D eigenvalue weighted by Gasteiger charge is 2.28. The highest BCUT2D eigenvalue weighted by atomic mass is 35.5. The molecule has 0 unspecified atom stereocenters. The van der Waals surface area contributed by atoms with Crippen LogP contribution in [0.5, 0.6) is 5.75 Å². The van der Waals surface area contributed by atoms with Gasteiger partial charge in [-0.05, 0) is 42.5 Å². The maximum absolute atomic E-state index is 13.4. The van der Waals surface area contributed by atoms with E-state index in [1.807, 2.05) is 0 Å². The first-order chi connectivity index (χ1) is 16.8. The molecule has 4 aromatic rings. The van der Waals surface area contributed by atoms with Crippen LogP contribution in [0.15, 0.2) is 77.7 Å². The molecular formula is C23H18Cl2N4O4S2. The van der Waals surface area contributed by atoms with Gasteiger partial charge in [0.25, 0.3) is 10.0 Å². The van der Waals surface area contributed by atoms with E-state index in [1.165, 1.54) is 37.4 Å². The summed E-state index contributed by atoms with van der Waals surface area (Å²) in [5.41, 5.74) is 0.988. The maximum atomic E-state index is 13.4. The molecular weight excluding hydrogens is 531 g/mol. The third kappa shape index (κ3) is 5.73. The maximum Gasteiger partial charge on any atom is 0.264 e. The number of methoxy groups -OCH3 is 1. The summed E-state index contributed by atoms with van der Waals surface area (Å²) in [4.78, 5) is 12.9. The molecule has 0 aliphatic carbocycles. The molecule has 1 N–H and O–H groups in total. The van der Waals surface area contributed by atoms with Crippen LogP contribution in [-0.4, -0.2) is 38.2 Å². The van der Waals surface area contributed by atoms with Gasteiger partial charge in [0, 0.05) is 10.6 Å². The van der Waals surface area contributed by atoms with Crippen molar-refractivity contribution in [2.24, 2.45) is 0 Å². The van der Waals surface area contributed by atoms with Crippen molar-refractivity contribution in [1.82, 2.24) is 10.2 Å². The van der Waals surface area contributed by atoms with E-state index in [9.17, 15) is 13.2 Å². The summed E-state index contributed by atoms with van der Waals surface area (Å²) in [6, 6.07) is 19.3. The lowest BCUT2D eigenvalue weighted by atomic mass is 10.2. The molecule has 1 aromatic heterocycles. The summed E-state index contributed by atoms with van der Waals surface area (Å²) in [5, 5.41) is 12.3. The second kappa shape index (κ2) is 10.6. The van der Waals surface area contributed by atoms with Crippen LogP contribution in [0, 0.1) is 0 Å². The van der Waals surface area contributed by atoms with E-state index in [1.54, 1.807) is 42.5 Å². The standard InChI is InChI=1S/C23H18Cl2N4O4S2/c1-33-20-12-11-17(13-19(20)25)29(35(31,32)18-5-3-2-4-6-18)14-21(30)26-23-28-27-22(34-23)15-7-9-16(24)10-8-15/h2-13H,14H2,1H3,(H,26,28,30). The highest BCUT2D eigenvalue weighted by molar-refractivity contribution is 7.92. The summed E-state index contributed by atoms with van der Waals surface area (Å²) < 4.78 is 33.0. The SMILES string of the molecule is COc1ccc(N(CC(=O)Nc2nnc(-c3ccc(Cl)cc3)s2)S(=O)(=O)c2ccccc2)cc1Cl. The van der Waals surface area contributed by atoms with Crippen LogP contribution in [0.1, 0.15) is 0 Å². The first kappa shape index (κ1) is 24.9. The Bertz CT molecular complexity index is 1450. The van der Waals surface area contributed by atoms with Crippen LogP contribution in [0.25, 0.3) is 10.6 Å². The molecule has 0 atom stereocenters. The number of aromatic nitrogens is 2. The van der Waals surface area contributed by atoms with Crippen molar-refractivity contribution >= 4 is 61.3 Å². The normalized spacial score (nSPS) is 11.2. The van der Waals surface area contributed by atoms with Crippen molar-refractivity contribution in [3.05, 3.63) is 82.8 Å². The quantitative estimate of drug-likeness (QED) is 0.318. The Morgan fingerprint density at radius 2 is 1.74 bits per heavy atom. The van der Waals surface area contributed by atoms with Gasteiger partial charge in [-0.1, -0.05) is 64.9 Å². The predicted molar refractivity (Wildman–Crippen MR) is 138 cm³/mol. The molecule has 0 fully saturated rings. The molecule has 35 heavy (non-hydrogen) atoms. The number of benzene rings is 3. The van der Waals surface area contributed by atoms with E-state index in [0.717, 1.165) is 21.2 Å². The Morgan fingerprint density at radius 1 is 1.03 bits per heavy atom. The molecule has 0 radical (unpaired) electrons. The second-order valence-electron chi connectivity index (χ2n) is 7.11. The Morgan fingerprint density at radius 3 is 2.40 bits per heavy atom. The molecule has 0 bridgehead atoms. The van der Waals surface area contributed by atoms with Gasteiger partial charge < -0.3 is 4.74 Å². The number of sulfonamides is 1. The van der Waals surface area contributed by atoms with Gasteiger partial charge in [0.15, 0.2) is 0 Å². The van der Waals surface area contributed by atoms with Crippen LogP contribution in [0.3, 0.4) is 0 Å². The van der Waals surface area contributed by atoms with Crippen LogP contribution >= 0.6 is 34.5 Å². The average Bonchev–Trinajstić information content (AvgIpc) is 3.31. The average molecular weight is 549 g/mol. The van der Waals surface area contributed by atoms with Crippen LogP contribution in [0.4, 0.5) is 10.8 Å². The molecule has 4 rings (SSSR count). The Hall–Kier alpha value is -3.18. The van der Waals surface area contributed by atoms with Gasteiger partial charge in [0.2, 0.25) is 11.0 Å². The number of anilines is 2. The number of carbonyl (C=O) groups is 1. The smallest absolute Gasteiger partial charge is 0.264 e. The Labute approximate surface area is 216 Å². The number of ether oxygens (including phenoxy) is 1. The molecule has 0 aliphatic rings. The lowest BCUT2D eigenvalue weighted by molar-refractivity contribution is -0.114. The first-order valence-corrected chi connectivity index (χ1v) is 13.1. The molecule has 1 heterocycles. The summed E-state index contributed by atoms with van der Waals surface area (Å²) in [7, 11) is -2.64. The fourth-order valence-corrected chi connectivity index (χ4v) is 5.69. The third-order valence-electron chi connectivity index (χ3n) is 4.80. The van der Waals surface area contributed by atoms with Crippen molar-refractivity contribution < 1.29 is 17.9 Å². The minimum atomic E-state index is -4.09. The van der Waals surface area contributed by atoms with E-state index < -0.39 is 22.5 Å². The van der Waals surface area contributed by atoms with Gasteiger partial charge in [0.1, 0.15) is 17.3 Å². The van der Waals surface area contributed by atoms with Crippen LogP contribution in [0.2, 0.25) is 10.0 Å². The fourth-order valence-electron chi connectivity index (χ4n) is 3.12. The minimum Gasteiger partial charge on any atom is -0.495 e. The monoisotopic (exact) mass is 548 g/mol. The highest BCUT2D eigenvalue weighted by Crippen LogP contribution is 2.32. The largest absolute Gasteiger partial charge is 0.495 e. The van der Waals surface area contributed by atoms with E-state index in [-0.39, 0.29) is 20.7 Å². The molecule has 0 spiro atoms. The number of hydrogen-bond donors (Lipinski definition) is 1. The van der Waals surface area contributed by atoms with Gasteiger partial charge in [-0.3, -0.25) is 14.4 Å². The molecule has 12 heteroatoms. The minimum absolute atomic E-state index is 0.0284. The van der Waals surface area contributed by atoms with Crippen LogP contribution < -0.4 is 14.4 Å². The zero-order valence-electron chi connectivity index (χ0n) is 18.2. The van der Waals surface area contributed by atoms with Crippen LogP contribution in [-0.2, 0) is 14.8 Å². The molecule has 0 saturated carbocycles. The number of nitrogens with zero attached hydrogens (tertiary/aromatic N) is 3. The van der Waals surface area contributed by atoms with E-state index in [4.69, 9.17) is 27.9 Å². The number of amides is 1. The molecule has 0 saturated heterocycles. The number of carbonyl (C=O) groups excluding carboxylic acids is 1. The number of hydrogen-bond acceptors (Lipinski definition) is 7. The summed E-state index contributed by atoms with van der Waals surface area (Å²) >= 11 is 13.3. The van der Waals surface area contributed by atoms with E-state index in [2.05, 4.69) is 15.5 Å². The first-order valence-electron chi connectivity index (χ1n) is 10.1. The topological polar surface area (TPSA) is 101 Å². The number of nitrogens with one attached hydrogen (secondary N) is 1.